The van der Waals surface area contributed by atoms with Crippen molar-refractivity contribution in [3.05, 3.63) is 55.3 Å². The van der Waals surface area contributed by atoms with Crippen LogP contribution < -0.4 is 0 Å². The summed E-state index contributed by atoms with van der Waals surface area (Å²) in [5.41, 5.74) is 2.49. The number of aromatic nitrogens is 1. The lowest BCUT2D eigenvalue weighted by Gasteiger charge is -2.00. The van der Waals surface area contributed by atoms with E-state index in [1.807, 2.05) is 19.9 Å². The molecular weight excluding hydrogens is 313 g/mol. The van der Waals surface area contributed by atoms with Crippen LogP contribution in [0.25, 0.3) is 10.9 Å². The number of ketones is 1. The highest BCUT2D eigenvalue weighted by atomic mass is 35.5. The summed E-state index contributed by atoms with van der Waals surface area (Å²) < 4.78 is 0. The number of benzene rings is 1. The molecule has 5 heteroatoms. The Labute approximate surface area is 130 Å². The molecule has 2 nitrogen and oxygen atoms in total. The molecule has 3 aromatic rings. The number of H-pyrrole nitrogens is 1. The van der Waals surface area contributed by atoms with Crippen molar-refractivity contribution in [2.75, 3.05) is 0 Å². The minimum atomic E-state index is -0.0123. The molecule has 2 heterocycles. The van der Waals surface area contributed by atoms with Gasteiger partial charge in [0.1, 0.15) is 0 Å². The molecule has 0 saturated heterocycles. The number of carbonyl (C=O) groups is 1. The zero-order valence-electron chi connectivity index (χ0n) is 10.9. The maximum absolute atomic E-state index is 12.6. The van der Waals surface area contributed by atoms with E-state index in [9.17, 15) is 4.79 Å². The van der Waals surface area contributed by atoms with Gasteiger partial charge in [0.2, 0.25) is 5.78 Å². The third kappa shape index (κ3) is 2.16. The van der Waals surface area contributed by atoms with E-state index in [1.165, 1.54) is 11.3 Å². The monoisotopic (exact) mass is 323 g/mol. The number of aryl methyl sites for hydroxylation is 2. The molecule has 3 rings (SSSR count). The fourth-order valence-corrected chi connectivity index (χ4v) is 3.76. The Bertz CT molecular complexity index is 812. The Kier molecular flexibility index (Phi) is 3.36. The van der Waals surface area contributed by atoms with Gasteiger partial charge in [-0.2, -0.15) is 0 Å². The van der Waals surface area contributed by atoms with Crippen LogP contribution in [0.5, 0.6) is 0 Å². The molecule has 2 aromatic heterocycles. The fourth-order valence-electron chi connectivity index (χ4n) is 2.18. The zero-order chi connectivity index (χ0) is 14.4. The van der Waals surface area contributed by atoms with Gasteiger partial charge >= 0.3 is 0 Å². The predicted molar refractivity (Wildman–Crippen MR) is 85.5 cm³/mol. The molecule has 0 fully saturated rings. The molecule has 0 aliphatic carbocycles. The van der Waals surface area contributed by atoms with Crippen molar-refractivity contribution in [2.24, 2.45) is 0 Å². The van der Waals surface area contributed by atoms with Gasteiger partial charge in [-0.25, -0.2) is 0 Å². The molecule has 0 unspecified atom stereocenters. The number of carbonyl (C=O) groups excluding carboxylic acids is 1. The Morgan fingerprint density at radius 2 is 1.95 bits per heavy atom. The van der Waals surface area contributed by atoms with Crippen LogP contribution in [0.1, 0.15) is 25.7 Å². The number of hydrogen-bond donors (Lipinski definition) is 1. The predicted octanol–water partition coefficient (Wildman–Crippen LogP) is 5.38. The number of thiophene rings is 1. The van der Waals surface area contributed by atoms with Gasteiger partial charge in [-0.3, -0.25) is 4.79 Å². The van der Waals surface area contributed by atoms with Crippen molar-refractivity contribution in [3.8, 4) is 0 Å². The highest BCUT2D eigenvalue weighted by Gasteiger charge is 2.19. The molecule has 0 aliphatic heterocycles. The third-order valence-electron chi connectivity index (χ3n) is 3.33. The highest BCUT2D eigenvalue weighted by molar-refractivity contribution is 7.14. The average Bonchev–Trinajstić information content (AvgIpc) is 2.93. The summed E-state index contributed by atoms with van der Waals surface area (Å²) in [6.45, 7) is 4.02. The van der Waals surface area contributed by atoms with E-state index in [-0.39, 0.29) is 5.78 Å². The van der Waals surface area contributed by atoms with Gasteiger partial charge in [0.25, 0.3) is 0 Å². The lowest BCUT2D eigenvalue weighted by Crippen LogP contribution is -1.97. The first kappa shape index (κ1) is 13.7. The van der Waals surface area contributed by atoms with Crippen LogP contribution in [-0.4, -0.2) is 10.8 Å². The maximum atomic E-state index is 12.6. The maximum Gasteiger partial charge on any atom is 0.205 e. The lowest BCUT2D eigenvalue weighted by molar-refractivity contribution is 0.104. The molecule has 0 bridgehead atoms. The molecule has 0 aliphatic rings. The van der Waals surface area contributed by atoms with Crippen molar-refractivity contribution in [1.29, 1.82) is 0 Å². The summed E-state index contributed by atoms with van der Waals surface area (Å²) in [5, 5.41) is 1.76. The highest BCUT2D eigenvalue weighted by Crippen LogP contribution is 2.33. The molecule has 0 saturated carbocycles. The topological polar surface area (TPSA) is 32.9 Å². The van der Waals surface area contributed by atoms with Crippen LogP contribution >= 0.6 is 34.5 Å². The second kappa shape index (κ2) is 4.92. The summed E-state index contributed by atoms with van der Waals surface area (Å²) in [4.78, 5) is 17.6. The van der Waals surface area contributed by atoms with E-state index >= 15 is 0 Å². The van der Waals surface area contributed by atoms with Crippen LogP contribution in [0.3, 0.4) is 0 Å². The minimum absolute atomic E-state index is 0.0123. The molecule has 0 atom stereocenters. The SMILES string of the molecule is Cc1cc(C(=O)c2c[nH]c3cc(Cl)cc(Cl)c23)sc1C. The summed E-state index contributed by atoms with van der Waals surface area (Å²) in [5.74, 6) is -0.0123. The molecule has 0 radical (unpaired) electrons. The van der Waals surface area contributed by atoms with Gasteiger partial charge in [-0.05, 0) is 37.6 Å². The van der Waals surface area contributed by atoms with Crippen molar-refractivity contribution in [2.45, 2.75) is 13.8 Å². The van der Waals surface area contributed by atoms with Crippen molar-refractivity contribution < 1.29 is 4.79 Å². The van der Waals surface area contributed by atoms with Crippen molar-refractivity contribution in [1.82, 2.24) is 4.98 Å². The Morgan fingerprint density at radius 3 is 2.60 bits per heavy atom. The molecule has 0 amide bonds. The lowest BCUT2D eigenvalue weighted by atomic mass is 10.1. The van der Waals surface area contributed by atoms with Gasteiger partial charge in [0.05, 0.1) is 15.5 Å². The third-order valence-corrected chi connectivity index (χ3v) is 5.00. The van der Waals surface area contributed by atoms with E-state index in [0.717, 1.165) is 26.2 Å². The van der Waals surface area contributed by atoms with Crippen LogP contribution in [0.2, 0.25) is 10.0 Å². The molecule has 1 N–H and O–H groups in total. The Balaban J connectivity index is 2.17. The molecule has 102 valence electrons. The fraction of sp³-hybridized carbons (Fsp3) is 0.133. The van der Waals surface area contributed by atoms with Crippen LogP contribution in [0.15, 0.2) is 24.4 Å². The van der Waals surface area contributed by atoms with Crippen LogP contribution in [0, 0.1) is 13.8 Å². The molecule has 20 heavy (non-hydrogen) atoms. The second-order valence-electron chi connectivity index (χ2n) is 4.69. The number of rotatable bonds is 2. The molecular formula is C15H11Cl2NOS. The van der Waals surface area contributed by atoms with Gasteiger partial charge < -0.3 is 4.98 Å². The van der Waals surface area contributed by atoms with Gasteiger partial charge in [0, 0.05) is 27.0 Å². The number of aromatic amines is 1. The van der Waals surface area contributed by atoms with Crippen LogP contribution in [0.4, 0.5) is 0 Å². The van der Waals surface area contributed by atoms with E-state index in [1.54, 1.807) is 18.3 Å². The van der Waals surface area contributed by atoms with E-state index in [0.29, 0.717) is 15.6 Å². The number of fused-ring (bicyclic) bond motifs is 1. The van der Waals surface area contributed by atoms with E-state index in [2.05, 4.69) is 4.98 Å². The van der Waals surface area contributed by atoms with Crippen LogP contribution in [-0.2, 0) is 0 Å². The average molecular weight is 324 g/mol. The summed E-state index contributed by atoms with van der Waals surface area (Å²) in [6, 6.07) is 5.34. The first-order valence-corrected chi connectivity index (χ1v) is 7.62. The Morgan fingerprint density at radius 1 is 1.20 bits per heavy atom. The summed E-state index contributed by atoms with van der Waals surface area (Å²) in [7, 11) is 0. The zero-order valence-corrected chi connectivity index (χ0v) is 13.2. The van der Waals surface area contributed by atoms with Gasteiger partial charge in [0.15, 0.2) is 0 Å². The quantitative estimate of drug-likeness (QED) is 0.630. The van der Waals surface area contributed by atoms with Crippen molar-refractivity contribution >= 4 is 51.2 Å². The molecule has 1 aromatic carbocycles. The smallest absolute Gasteiger partial charge is 0.205 e. The molecule has 0 spiro atoms. The number of nitrogens with one attached hydrogen (secondary N) is 1. The van der Waals surface area contributed by atoms with Gasteiger partial charge in [-0.15, -0.1) is 11.3 Å². The van der Waals surface area contributed by atoms with Gasteiger partial charge in [-0.1, -0.05) is 23.2 Å². The van der Waals surface area contributed by atoms with Crippen molar-refractivity contribution in [3.63, 3.8) is 0 Å². The standard InChI is InChI=1S/C15H11Cl2NOS/c1-7-3-13(20-8(7)2)15(19)10-6-18-12-5-9(16)4-11(17)14(10)12/h3-6,18H,1-2H3. The van der Waals surface area contributed by atoms with E-state index < -0.39 is 0 Å². The number of halogens is 2. The summed E-state index contributed by atoms with van der Waals surface area (Å²) >= 11 is 13.7. The Hall–Kier alpha value is -1.29. The first-order valence-electron chi connectivity index (χ1n) is 6.05. The van der Waals surface area contributed by atoms with E-state index in [4.69, 9.17) is 23.2 Å². The first-order chi connectivity index (χ1) is 9.47. The normalized spacial score (nSPS) is 11.2. The number of hydrogen-bond acceptors (Lipinski definition) is 2. The largest absolute Gasteiger partial charge is 0.360 e. The second-order valence-corrected chi connectivity index (χ2v) is 6.79. The summed E-state index contributed by atoms with van der Waals surface area (Å²) in [6.07, 6.45) is 1.69. The minimum Gasteiger partial charge on any atom is -0.360 e.